The Morgan fingerprint density at radius 1 is 1.71 bits per heavy atom. The van der Waals surface area contributed by atoms with Crippen LogP contribution in [0.4, 0.5) is 0 Å². The summed E-state index contributed by atoms with van der Waals surface area (Å²) in [5, 5.41) is 8.56. The second kappa shape index (κ2) is 4.36. The summed E-state index contributed by atoms with van der Waals surface area (Å²) in [6.07, 6.45) is 4.23. The zero-order valence-electron chi connectivity index (χ0n) is 7.67. The number of rotatable bonds is 3. The molecule has 0 unspecified atom stereocenters. The normalized spacial score (nSPS) is 11.4. The van der Waals surface area contributed by atoms with Crippen molar-refractivity contribution in [1.29, 1.82) is 0 Å². The van der Waals surface area contributed by atoms with Crippen molar-refractivity contribution < 1.29 is 9.90 Å². The molecule has 14 heavy (non-hydrogen) atoms. The van der Waals surface area contributed by atoms with Crippen molar-refractivity contribution in [3.63, 3.8) is 0 Å². The predicted octanol–water partition coefficient (Wildman–Crippen LogP) is 0.274. The molecule has 0 saturated carbocycles. The maximum atomic E-state index is 11.1. The Hall–Kier alpha value is -1.91. The number of aromatic nitrogens is 2. The molecule has 0 fully saturated rings. The molecule has 0 atom stereocenters. The van der Waals surface area contributed by atoms with Gasteiger partial charge in [0.1, 0.15) is 0 Å². The van der Waals surface area contributed by atoms with Crippen LogP contribution >= 0.6 is 0 Å². The second-order valence-corrected chi connectivity index (χ2v) is 2.76. The van der Waals surface area contributed by atoms with Crippen LogP contribution in [0.5, 0.6) is 0 Å². The maximum absolute atomic E-state index is 11.1. The first-order valence-electron chi connectivity index (χ1n) is 4.02. The summed E-state index contributed by atoms with van der Waals surface area (Å²) in [6.45, 7) is 1.70. The molecule has 5 heteroatoms. The fourth-order valence-corrected chi connectivity index (χ4v) is 0.838. The number of hydrogen-bond acceptors (Lipinski definition) is 3. The quantitative estimate of drug-likeness (QED) is 0.701. The molecule has 0 aliphatic rings. The van der Waals surface area contributed by atoms with Crippen LogP contribution in [0.1, 0.15) is 6.92 Å². The molecule has 1 aromatic heterocycles. The number of allylic oxidation sites excluding steroid dienone is 1. The Morgan fingerprint density at radius 3 is 3.00 bits per heavy atom. The summed E-state index contributed by atoms with van der Waals surface area (Å²) in [7, 11) is 0. The Labute approximate surface area is 80.3 Å². The smallest absolute Gasteiger partial charge is 0.331 e. The van der Waals surface area contributed by atoms with Gasteiger partial charge in [0.15, 0.2) is 0 Å². The molecular formula is C9H10N2O3. The molecule has 0 amide bonds. The van der Waals surface area contributed by atoms with Crippen molar-refractivity contribution in [2.24, 2.45) is 0 Å². The van der Waals surface area contributed by atoms with Crippen LogP contribution in [-0.2, 0) is 11.3 Å². The highest BCUT2D eigenvalue weighted by Gasteiger charge is 1.98. The second-order valence-electron chi connectivity index (χ2n) is 2.76. The van der Waals surface area contributed by atoms with E-state index in [0.717, 1.165) is 0 Å². The van der Waals surface area contributed by atoms with E-state index in [0.29, 0.717) is 0 Å². The zero-order valence-corrected chi connectivity index (χ0v) is 7.67. The maximum Gasteiger partial charge on any atom is 0.331 e. The minimum atomic E-state index is -0.984. The monoisotopic (exact) mass is 194 g/mol. The van der Waals surface area contributed by atoms with Crippen LogP contribution in [0.2, 0.25) is 0 Å². The van der Waals surface area contributed by atoms with Gasteiger partial charge in [-0.3, -0.25) is 9.36 Å². The lowest BCUT2D eigenvalue weighted by atomic mass is 10.3. The van der Waals surface area contributed by atoms with E-state index < -0.39 is 5.97 Å². The molecule has 1 N–H and O–H groups in total. The molecule has 1 aromatic rings. The molecule has 0 aliphatic carbocycles. The zero-order chi connectivity index (χ0) is 10.6. The van der Waals surface area contributed by atoms with E-state index in [1.54, 1.807) is 0 Å². The molecule has 1 heterocycles. The van der Waals surface area contributed by atoms with E-state index >= 15 is 0 Å². The van der Waals surface area contributed by atoms with E-state index in [-0.39, 0.29) is 17.7 Å². The first-order chi connectivity index (χ1) is 6.61. The van der Waals surface area contributed by atoms with Gasteiger partial charge in [-0.05, 0) is 6.92 Å². The third kappa shape index (κ3) is 2.55. The van der Waals surface area contributed by atoms with Crippen LogP contribution in [0, 0.1) is 0 Å². The molecular weight excluding hydrogens is 184 g/mol. The SMILES string of the molecule is C/C(=C/Cn1cnccc1=O)C(=O)O. The fourth-order valence-electron chi connectivity index (χ4n) is 0.838. The standard InChI is InChI=1S/C9H10N2O3/c1-7(9(13)14)3-5-11-6-10-4-2-8(11)12/h2-4,6H,5H2,1H3,(H,13,14)/b7-3-. The van der Waals surface area contributed by atoms with Crippen molar-refractivity contribution in [3.8, 4) is 0 Å². The molecule has 5 nitrogen and oxygen atoms in total. The molecule has 0 radical (unpaired) electrons. The van der Waals surface area contributed by atoms with E-state index in [4.69, 9.17) is 5.11 Å². The fraction of sp³-hybridized carbons (Fsp3) is 0.222. The van der Waals surface area contributed by atoms with Crippen LogP contribution in [-0.4, -0.2) is 20.6 Å². The van der Waals surface area contributed by atoms with Gasteiger partial charge in [0, 0.05) is 24.4 Å². The van der Waals surface area contributed by atoms with Gasteiger partial charge >= 0.3 is 5.97 Å². The van der Waals surface area contributed by atoms with Crippen LogP contribution in [0.25, 0.3) is 0 Å². The lowest BCUT2D eigenvalue weighted by Gasteiger charge is -1.99. The summed E-state index contributed by atoms with van der Waals surface area (Å²) in [6, 6.07) is 1.32. The lowest BCUT2D eigenvalue weighted by Crippen LogP contribution is -2.18. The van der Waals surface area contributed by atoms with Gasteiger partial charge in [0.05, 0.1) is 6.33 Å². The molecule has 1 rings (SSSR count). The first kappa shape index (κ1) is 10.2. The molecule has 74 valence electrons. The number of carbonyl (C=O) groups is 1. The van der Waals surface area contributed by atoms with Crippen LogP contribution in [0.3, 0.4) is 0 Å². The van der Waals surface area contributed by atoms with E-state index in [2.05, 4.69) is 4.98 Å². The van der Waals surface area contributed by atoms with E-state index in [1.165, 1.54) is 36.2 Å². The van der Waals surface area contributed by atoms with Crippen molar-refractivity contribution in [3.05, 3.63) is 40.6 Å². The van der Waals surface area contributed by atoms with Gasteiger partial charge in [-0.1, -0.05) is 6.08 Å². The minimum absolute atomic E-state index is 0.200. The van der Waals surface area contributed by atoms with Gasteiger partial charge < -0.3 is 5.11 Å². The van der Waals surface area contributed by atoms with Crippen molar-refractivity contribution in [2.45, 2.75) is 13.5 Å². The average Bonchev–Trinajstić information content (AvgIpc) is 2.16. The highest BCUT2D eigenvalue weighted by Crippen LogP contribution is 1.92. The highest BCUT2D eigenvalue weighted by molar-refractivity contribution is 5.85. The van der Waals surface area contributed by atoms with E-state index in [1.807, 2.05) is 0 Å². The largest absolute Gasteiger partial charge is 0.478 e. The highest BCUT2D eigenvalue weighted by atomic mass is 16.4. The van der Waals surface area contributed by atoms with Gasteiger partial charge in [-0.15, -0.1) is 0 Å². The van der Waals surface area contributed by atoms with E-state index in [9.17, 15) is 9.59 Å². The topological polar surface area (TPSA) is 72.2 Å². The van der Waals surface area contributed by atoms with Crippen LogP contribution in [0.15, 0.2) is 35.0 Å². The third-order valence-electron chi connectivity index (χ3n) is 1.72. The predicted molar refractivity (Wildman–Crippen MR) is 49.9 cm³/mol. The minimum Gasteiger partial charge on any atom is -0.478 e. The molecule has 0 bridgehead atoms. The summed E-state index contributed by atoms with van der Waals surface area (Å²) in [5.41, 5.74) is 0.00944. The van der Waals surface area contributed by atoms with Crippen LogP contribution < -0.4 is 5.56 Å². The Balaban J connectivity index is 2.81. The molecule has 0 aromatic carbocycles. The summed E-state index contributed by atoms with van der Waals surface area (Å²) < 4.78 is 1.33. The number of aliphatic carboxylic acids is 1. The Morgan fingerprint density at radius 2 is 2.43 bits per heavy atom. The molecule has 0 aliphatic heterocycles. The molecule has 0 spiro atoms. The summed E-state index contributed by atoms with van der Waals surface area (Å²) >= 11 is 0. The van der Waals surface area contributed by atoms with Crippen molar-refractivity contribution in [1.82, 2.24) is 9.55 Å². The number of nitrogens with zero attached hydrogens (tertiary/aromatic N) is 2. The van der Waals surface area contributed by atoms with Gasteiger partial charge in [0.25, 0.3) is 5.56 Å². The number of hydrogen-bond donors (Lipinski definition) is 1. The number of carboxylic acid groups (broad SMARTS) is 1. The van der Waals surface area contributed by atoms with Crippen molar-refractivity contribution in [2.75, 3.05) is 0 Å². The average molecular weight is 194 g/mol. The lowest BCUT2D eigenvalue weighted by molar-refractivity contribution is -0.132. The van der Waals surface area contributed by atoms with Crippen molar-refractivity contribution >= 4 is 5.97 Å². The summed E-state index contributed by atoms with van der Waals surface area (Å²) in [4.78, 5) is 25.3. The Kier molecular flexibility index (Phi) is 3.17. The number of carboxylic acids is 1. The first-order valence-corrected chi connectivity index (χ1v) is 4.02. The third-order valence-corrected chi connectivity index (χ3v) is 1.72. The van der Waals surface area contributed by atoms with Gasteiger partial charge in [-0.2, -0.15) is 0 Å². The van der Waals surface area contributed by atoms with Gasteiger partial charge in [-0.25, -0.2) is 9.78 Å². The van der Waals surface area contributed by atoms with Gasteiger partial charge in [0.2, 0.25) is 0 Å². The molecule has 0 saturated heterocycles. The summed E-state index contributed by atoms with van der Waals surface area (Å²) in [5.74, 6) is -0.984. The Bertz CT molecular complexity index is 420.